The molecule has 98 valence electrons. The van der Waals surface area contributed by atoms with Crippen LogP contribution in [0.3, 0.4) is 0 Å². The Balaban J connectivity index is 1.89. The van der Waals surface area contributed by atoms with Gasteiger partial charge in [-0.1, -0.05) is 0 Å². The van der Waals surface area contributed by atoms with Crippen molar-refractivity contribution in [1.82, 2.24) is 0 Å². The highest BCUT2D eigenvalue weighted by Gasteiger charge is 2.14. The zero-order valence-corrected chi connectivity index (χ0v) is 15.2. The summed E-state index contributed by atoms with van der Waals surface area (Å²) < 4.78 is 2.26. The molecule has 0 spiro atoms. The maximum absolute atomic E-state index is 4.44. The van der Waals surface area contributed by atoms with E-state index in [2.05, 4.69) is 66.3 Å². The molecule has 0 aromatic carbocycles. The van der Waals surface area contributed by atoms with Gasteiger partial charge in [0.15, 0.2) is 0 Å². The lowest BCUT2D eigenvalue weighted by Gasteiger charge is -1.98. The van der Waals surface area contributed by atoms with Gasteiger partial charge in [-0.2, -0.15) is 10.2 Å². The Morgan fingerprint density at radius 3 is 1.63 bits per heavy atom. The summed E-state index contributed by atoms with van der Waals surface area (Å²) in [6, 6.07) is 8.30. The molecular weight excluding hydrogens is 428 g/mol. The van der Waals surface area contributed by atoms with Crippen molar-refractivity contribution in [2.75, 3.05) is 11.5 Å². The van der Waals surface area contributed by atoms with Crippen molar-refractivity contribution in [1.29, 1.82) is 0 Å². The van der Waals surface area contributed by atoms with Crippen LogP contribution in [-0.2, 0) is 0 Å². The van der Waals surface area contributed by atoms with E-state index in [0.29, 0.717) is 0 Å². The van der Waals surface area contributed by atoms with Crippen LogP contribution in [0.4, 0.5) is 0 Å². The van der Waals surface area contributed by atoms with Crippen LogP contribution in [0.5, 0.6) is 0 Å². The monoisotopic (exact) mass is 434 g/mol. The molecule has 2 aromatic heterocycles. The standard InChI is InChI=1S/C12H8Br2N2S3/c13-11-3-1-9(18-11)7-5-17-6-8(16-15-7)10-2-4-12(14)19-10/h1-4H,5-6H2. The molecule has 7 heteroatoms. The molecule has 0 bridgehead atoms. The zero-order chi connectivity index (χ0) is 13.2. The Morgan fingerprint density at radius 2 is 1.26 bits per heavy atom. The predicted molar refractivity (Wildman–Crippen MR) is 94.4 cm³/mol. The van der Waals surface area contributed by atoms with Crippen molar-refractivity contribution in [2.24, 2.45) is 10.2 Å². The molecule has 1 aliphatic rings. The van der Waals surface area contributed by atoms with Crippen molar-refractivity contribution in [3.63, 3.8) is 0 Å². The Labute approximate surface area is 140 Å². The summed E-state index contributed by atoms with van der Waals surface area (Å²) in [4.78, 5) is 2.38. The minimum absolute atomic E-state index is 0.909. The van der Waals surface area contributed by atoms with Gasteiger partial charge in [0.1, 0.15) is 0 Å². The van der Waals surface area contributed by atoms with Crippen LogP contribution in [0.1, 0.15) is 9.75 Å². The van der Waals surface area contributed by atoms with Crippen LogP contribution < -0.4 is 0 Å². The third-order valence-corrected chi connectivity index (χ3v) is 6.78. The van der Waals surface area contributed by atoms with E-state index in [-0.39, 0.29) is 0 Å². The van der Waals surface area contributed by atoms with Gasteiger partial charge in [-0.05, 0) is 56.1 Å². The van der Waals surface area contributed by atoms with Gasteiger partial charge in [-0.3, -0.25) is 0 Å². The first-order valence-corrected chi connectivity index (χ1v) is 9.82. The summed E-state index contributed by atoms with van der Waals surface area (Å²) >= 11 is 12.2. The van der Waals surface area contributed by atoms with Gasteiger partial charge in [0.25, 0.3) is 0 Å². The number of thiophene rings is 2. The van der Waals surface area contributed by atoms with E-state index in [9.17, 15) is 0 Å². The molecule has 1 aliphatic heterocycles. The highest BCUT2D eigenvalue weighted by atomic mass is 79.9. The molecule has 0 atom stereocenters. The van der Waals surface area contributed by atoms with Gasteiger partial charge >= 0.3 is 0 Å². The van der Waals surface area contributed by atoms with Crippen LogP contribution in [0, 0.1) is 0 Å². The van der Waals surface area contributed by atoms with Crippen molar-refractivity contribution >= 4 is 77.7 Å². The highest BCUT2D eigenvalue weighted by molar-refractivity contribution is 9.11. The van der Waals surface area contributed by atoms with Crippen molar-refractivity contribution in [3.05, 3.63) is 41.6 Å². The SMILES string of the molecule is Brc1ccc(C2=NN=C(c3ccc(Br)s3)CSC2)s1. The number of hydrogen-bond donors (Lipinski definition) is 0. The Hall–Kier alpha value is 0.0500. The third kappa shape index (κ3) is 3.39. The van der Waals surface area contributed by atoms with Gasteiger partial charge in [0.2, 0.25) is 0 Å². The van der Waals surface area contributed by atoms with Crippen LogP contribution in [-0.4, -0.2) is 22.9 Å². The van der Waals surface area contributed by atoms with E-state index in [1.807, 2.05) is 11.8 Å². The quantitative estimate of drug-likeness (QED) is 0.630. The highest BCUT2D eigenvalue weighted by Crippen LogP contribution is 2.27. The van der Waals surface area contributed by atoms with Crippen molar-refractivity contribution in [3.8, 4) is 0 Å². The largest absolute Gasteiger partial charge is 0.153 e. The molecule has 0 N–H and O–H groups in total. The smallest absolute Gasteiger partial charge is 0.0901 e. The molecule has 19 heavy (non-hydrogen) atoms. The lowest BCUT2D eigenvalue weighted by atomic mass is 10.3. The van der Waals surface area contributed by atoms with E-state index in [0.717, 1.165) is 30.5 Å². The number of rotatable bonds is 2. The molecule has 0 saturated heterocycles. The van der Waals surface area contributed by atoms with Gasteiger partial charge < -0.3 is 0 Å². The van der Waals surface area contributed by atoms with Gasteiger partial charge in [-0.15, -0.1) is 34.4 Å². The second-order valence-electron chi connectivity index (χ2n) is 3.79. The number of hydrogen-bond acceptors (Lipinski definition) is 5. The fraction of sp³-hybridized carbons (Fsp3) is 0.167. The first kappa shape index (κ1) is 14.0. The van der Waals surface area contributed by atoms with Crippen LogP contribution >= 0.6 is 66.3 Å². The molecule has 0 aliphatic carbocycles. The van der Waals surface area contributed by atoms with E-state index >= 15 is 0 Å². The van der Waals surface area contributed by atoms with Crippen molar-refractivity contribution in [2.45, 2.75) is 0 Å². The fourth-order valence-electron chi connectivity index (χ4n) is 1.60. The normalized spacial score (nSPS) is 15.9. The second-order valence-corrected chi connectivity index (χ2v) is 9.71. The average molecular weight is 436 g/mol. The summed E-state index contributed by atoms with van der Waals surface area (Å²) in [5.41, 5.74) is 2.12. The number of halogens is 2. The maximum atomic E-state index is 4.44. The molecule has 0 saturated carbocycles. The molecule has 2 aromatic rings. The summed E-state index contributed by atoms with van der Waals surface area (Å²) in [5.74, 6) is 1.82. The summed E-state index contributed by atoms with van der Waals surface area (Å²) in [7, 11) is 0. The van der Waals surface area contributed by atoms with Crippen LogP contribution in [0.2, 0.25) is 0 Å². The molecule has 0 fully saturated rings. The van der Waals surface area contributed by atoms with Gasteiger partial charge in [-0.25, -0.2) is 0 Å². The first-order valence-electron chi connectivity index (χ1n) is 5.45. The van der Waals surface area contributed by atoms with E-state index < -0.39 is 0 Å². The molecule has 2 nitrogen and oxygen atoms in total. The molecule has 0 unspecified atom stereocenters. The van der Waals surface area contributed by atoms with Crippen molar-refractivity contribution < 1.29 is 0 Å². The third-order valence-electron chi connectivity index (χ3n) is 2.48. The van der Waals surface area contributed by atoms with E-state index in [1.165, 1.54) is 9.75 Å². The average Bonchev–Trinajstić information content (AvgIpc) is 2.92. The number of thioether (sulfide) groups is 1. The predicted octanol–water partition coefficient (Wildman–Crippen LogP) is 5.27. The molecule has 0 radical (unpaired) electrons. The topological polar surface area (TPSA) is 24.7 Å². The van der Waals surface area contributed by atoms with E-state index in [1.54, 1.807) is 22.7 Å². The van der Waals surface area contributed by atoms with Gasteiger partial charge in [0.05, 0.1) is 28.8 Å². The second kappa shape index (κ2) is 6.22. The fourth-order valence-corrected chi connectivity index (χ4v) is 5.44. The van der Waals surface area contributed by atoms with Crippen LogP contribution in [0.25, 0.3) is 0 Å². The zero-order valence-electron chi connectivity index (χ0n) is 9.60. The van der Waals surface area contributed by atoms with Crippen LogP contribution in [0.15, 0.2) is 42.0 Å². The Morgan fingerprint density at radius 1 is 0.789 bits per heavy atom. The lowest BCUT2D eigenvalue weighted by molar-refractivity contribution is 1.23. The number of nitrogens with zero attached hydrogens (tertiary/aromatic N) is 2. The van der Waals surface area contributed by atoms with E-state index in [4.69, 9.17) is 0 Å². The summed E-state index contributed by atoms with van der Waals surface area (Å²) in [5, 5.41) is 8.88. The lowest BCUT2D eigenvalue weighted by Crippen LogP contribution is -2.02. The molecule has 3 rings (SSSR count). The minimum Gasteiger partial charge on any atom is -0.153 e. The molecule has 3 heterocycles. The maximum Gasteiger partial charge on any atom is 0.0901 e. The summed E-state index contributed by atoms with van der Waals surface area (Å²) in [6.07, 6.45) is 0. The summed E-state index contributed by atoms with van der Waals surface area (Å²) in [6.45, 7) is 0. The van der Waals surface area contributed by atoms with Gasteiger partial charge in [0, 0.05) is 11.5 Å². The molecular formula is C12H8Br2N2S3. The first-order chi connectivity index (χ1) is 9.22. The molecule has 0 amide bonds. The Bertz CT molecular complexity index is 601. The Kier molecular flexibility index (Phi) is 4.58. The minimum atomic E-state index is 0.909.